The van der Waals surface area contributed by atoms with Crippen LogP contribution in [0.1, 0.15) is 16.8 Å². The lowest BCUT2D eigenvalue weighted by molar-refractivity contribution is -0.126. The van der Waals surface area contributed by atoms with E-state index in [1.165, 1.54) is 18.2 Å². The number of carbonyl (C=O) groups is 2. The molecule has 0 saturated carbocycles. The van der Waals surface area contributed by atoms with Crippen LogP contribution in [0.3, 0.4) is 0 Å². The van der Waals surface area contributed by atoms with Gasteiger partial charge in [-0.25, -0.2) is 4.39 Å². The number of carbonyl (C=O) groups excluding carboxylic acids is 2. The Kier molecular flexibility index (Phi) is 3.08. The first kappa shape index (κ1) is 11.6. The van der Waals surface area contributed by atoms with Crippen molar-refractivity contribution in [3.05, 3.63) is 35.6 Å². The molecule has 90 valence electrons. The number of nitrogens with one attached hydrogen (secondary N) is 1. The van der Waals surface area contributed by atoms with E-state index in [0.29, 0.717) is 13.0 Å². The monoisotopic (exact) mass is 236 g/mol. The van der Waals surface area contributed by atoms with Gasteiger partial charge in [-0.05, 0) is 18.2 Å². The van der Waals surface area contributed by atoms with E-state index in [0.717, 1.165) is 0 Å². The molecule has 0 aromatic heterocycles. The minimum absolute atomic E-state index is 0.00884. The van der Waals surface area contributed by atoms with Gasteiger partial charge in [0.2, 0.25) is 5.91 Å². The van der Waals surface area contributed by atoms with Crippen LogP contribution < -0.4 is 5.32 Å². The highest BCUT2D eigenvalue weighted by atomic mass is 19.1. The number of likely N-dealkylation sites (tertiary alicyclic amines) is 1. The lowest BCUT2D eigenvalue weighted by Crippen LogP contribution is -2.36. The average Bonchev–Trinajstić information content (AvgIpc) is 2.58. The van der Waals surface area contributed by atoms with Gasteiger partial charge >= 0.3 is 0 Å². The molecule has 1 fully saturated rings. The maximum atomic E-state index is 12.9. The van der Waals surface area contributed by atoms with Crippen LogP contribution in [0.25, 0.3) is 0 Å². The van der Waals surface area contributed by atoms with Gasteiger partial charge in [-0.2, -0.15) is 0 Å². The van der Waals surface area contributed by atoms with Crippen molar-refractivity contribution in [1.82, 2.24) is 10.2 Å². The molecule has 1 heterocycles. The SMILES string of the molecule is CN1CC(NC(=O)c2cccc(F)c2)CC1=O. The van der Waals surface area contributed by atoms with E-state index in [-0.39, 0.29) is 23.4 Å². The first-order chi connectivity index (χ1) is 8.06. The highest BCUT2D eigenvalue weighted by Crippen LogP contribution is 2.10. The van der Waals surface area contributed by atoms with Crippen molar-refractivity contribution in [2.24, 2.45) is 0 Å². The predicted octanol–water partition coefficient (Wildman–Crippen LogP) is 0.786. The Bertz CT molecular complexity index is 462. The quantitative estimate of drug-likeness (QED) is 0.825. The van der Waals surface area contributed by atoms with E-state index in [2.05, 4.69) is 5.32 Å². The molecule has 0 radical (unpaired) electrons. The lowest BCUT2D eigenvalue weighted by Gasteiger charge is -2.12. The highest BCUT2D eigenvalue weighted by molar-refractivity contribution is 5.95. The summed E-state index contributed by atoms with van der Waals surface area (Å²) in [4.78, 5) is 24.6. The van der Waals surface area contributed by atoms with E-state index in [1.54, 1.807) is 18.0 Å². The van der Waals surface area contributed by atoms with Crippen molar-refractivity contribution in [3.8, 4) is 0 Å². The van der Waals surface area contributed by atoms with Crippen LogP contribution in [-0.2, 0) is 4.79 Å². The normalized spacial score (nSPS) is 19.5. The molecule has 0 bridgehead atoms. The zero-order valence-corrected chi connectivity index (χ0v) is 9.44. The second-order valence-corrected chi connectivity index (χ2v) is 4.16. The number of hydrogen-bond donors (Lipinski definition) is 1. The molecule has 5 heteroatoms. The molecule has 1 aromatic rings. The fraction of sp³-hybridized carbons (Fsp3) is 0.333. The Balaban J connectivity index is 2.01. The zero-order chi connectivity index (χ0) is 12.4. The van der Waals surface area contributed by atoms with Crippen molar-refractivity contribution in [2.45, 2.75) is 12.5 Å². The van der Waals surface area contributed by atoms with E-state index in [4.69, 9.17) is 0 Å². The van der Waals surface area contributed by atoms with Gasteiger partial charge in [0.25, 0.3) is 5.91 Å². The van der Waals surface area contributed by atoms with Gasteiger partial charge in [0.1, 0.15) is 5.82 Å². The molecule has 17 heavy (non-hydrogen) atoms. The van der Waals surface area contributed by atoms with Crippen LogP contribution in [0, 0.1) is 5.82 Å². The van der Waals surface area contributed by atoms with Crippen molar-refractivity contribution in [2.75, 3.05) is 13.6 Å². The van der Waals surface area contributed by atoms with Crippen LogP contribution in [0.4, 0.5) is 4.39 Å². The fourth-order valence-electron chi connectivity index (χ4n) is 1.86. The molecule has 1 saturated heterocycles. The summed E-state index contributed by atoms with van der Waals surface area (Å²) in [6.45, 7) is 0.500. The number of halogens is 1. The Morgan fingerprint density at radius 2 is 2.29 bits per heavy atom. The van der Waals surface area contributed by atoms with Gasteiger partial charge in [0, 0.05) is 25.6 Å². The van der Waals surface area contributed by atoms with Crippen molar-refractivity contribution < 1.29 is 14.0 Å². The first-order valence-corrected chi connectivity index (χ1v) is 5.36. The molecular weight excluding hydrogens is 223 g/mol. The summed E-state index contributed by atoms with van der Waals surface area (Å²) >= 11 is 0. The van der Waals surface area contributed by atoms with E-state index in [1.807, 2.05) is 0 Å². The van der Waals surface area contributed by atoms with Gasteiger partial charge in [-0.1, -0.05) is 6.07 Å². The third-order valence-corrected chi connectivity index (χ3v) is 2.76. The molecule has 1 N–H and O–H groups in total. The molecule has 0 spiro atoms. The largest absolute Gasteiger partial charge is 0.347 e. The summed E-state index contributed by atoms with van der Waals surface area (Å²) in [5.74, 6) is -0.788. The van der Waals surface area contributed by atoms with Gasteiger partial charge < -0.3 is 10.2 Å². The van der Waals surface area contributed by atoms with Crippen LogP contribution in [0.15, 0.2) is 24.3 Å². The Labute approximate surface area is 98.4 Å². The number of likely N-dealkylation sites (N-methyl/N-ethyl adjacent to an activating group) is 1. The van der Waals surface area contributed by atoms with E-state index >= 15 is 0 Å². The van der Waals surface area contributed by atoms with Gasteiger partial charge in [0.05, 0.1) is 6.04 Å². The minimum atomic E-state index is -0.447. The number of rotatable bonds is 2. The Morgan fingerprint density at radius 1 is 1.53 bits per heavy atom. The third kappa shape index (κ3) is 2.61. The van der Waals surface area contributed by atoms with Crippen molar-refractivity contribution in [3.63, 3.8) is 0 Å². The van der Waals surface area contributed by atoms with Gasteiger partial charge in [0.15, 0.2) is 0 Å². The lowest BCUT2D eigenvalue weighted by atomic mass is 10.2. The summed E-state index contributed by atoms with van der Waals surface area (Å²) in [5.41, 5.74) is 0.270. The molecule has 1 aliphatic rings. The molecule has 2 amide bonds. The first-order valence-electron chi connectivity index (χ1n) is 5.36. The minimum Gasteiger partial charge on any atom is -0.347 e. The molecule has 1 unspecified atom stereocenters. The van der Waals surface area contributed by atoms with Crippen LogP contribution in [-0.4, -0.2) is 36.3 Å². The standard InChI is InChI=1S/C12H13FN2O2/c1-15-7-10(6-11(15)16)14-12(17)8-3-2-4-9(13)5-8/h2-5,10H,6-7H2,1H3,(H,14,17). The van der Waals surface area contributed by atoms with Gasteiger partial charge in [-0.15, -0.1) is 0 Å². The van der Waals surface area contributed by atoms with Gasteiger partial charge in [-0.3, -0.25) is 9.59 Å². The zero-order valence-electron chi connectivity index (χ0n) is 9.44. The van der Waals surface area contributed by atoms with Crippen LogP contribution in [0.5, 0.6) is 0 Å². The second kappa shape index (κ2) is 4.53. The summed E-state index contributed by atoms with van der Waals surface area (Å²) in [6, 6.07) is 5.29. The third-order valence-electron chi connectivity index (χ3n) is 2.76. The molecule has 1 aromatic carbocycles. The smallest absolute Gasteiger partial charge is 0.251 e. The Hall–Kier alpha value is -1.91. The molecular formula is C12H13FN2O2. The Morgan fingerprint density at radius 3 is 2.88 bits per heavy atom. The highest BCUT2D eigenvalue weighted by Gasteiger charge is 2.27. The van der Waals surface area contributed by atoms with E-state index in [9.17, 15) is 14.0 Å². The van der Waals surface area contributed by atoms with Crippen molar-refractivity contribution >= 4 is 11.8 Å². The number of benzene rings is 1. The molecule has 2 rings (SSSR count). The number of nitrogens with zero attached hydrogens (tertiary/aromatic N) is 1. The van der Waals surface area contributed by atoms with Crippen LogP contribution >= 0.6 is 0 Å². The van der Waals surface area contributed by atoms with Crippen molar-refractivity contribution in [1.29, 1.82) is 0 Å². The maximum absolute atomic E-state index is 12.9. The molecule has 0 aliphatic carbocycles. The predicted molar refractivity (Wildman–Crippen MR) is 59.9 cm³/mol. The second-order valence-electron chi connectivity index (χ2n) is 4.16. The average molecular weight is 236 g/mol. The molecule has 4 nitrogen and oxygen atoms in total. The maximum Gasteiger partial charge on any atom is 0.251 e. The fourth-order valence-corrected chi connectivity index (χ4v) is 1.86. The summed E-state index contributed by atoms with van der Waals surface area (Å²) in [7, 11) is 1.69. The van der Waals surface area contributed by atoms with Crippen LogP contribution in [0.2, 0.25) is 0 Å². The van der Waals surface area contributed by atoms with E-state index < -0.39 is 5.82 Å². The topological polar surface area (TPSA) is 49.4 Å². The molecule has 1 aliphatic heterocycles. The number of amides is 2. The summed E-state index contributed by atoms with van der Waals surface area (Å²) in [5, 5.41) is 2.72. The summed E-state index contributed by atoms with van der Waals surface area (Å²) < 4.78 is 12.9. The number of hydrogen-bond acceptors (Lipinski definition) is 2. The summed E-state index contributed by atoms with van der Waals surface area (Å²) in [6.07, 6.45) is 0.303. The molecule has 1 atom stereocenters.